The van der Waals surface area contributed by atoms with Crippen LogP contribution >= 0.6 is 11.3 Å². The van der Waals surface area contributed by atoms with Gasteiger partial charge in [0.2, 0.25) is 0 Å². The maximum Gasteiger partial charge on any atom is 0.262 e. The number of imidazole rings is 1. The molecule has 0 unspecified atom stereocenters. The highest BCUT2D eigenvalue weighted by Gasteiger charge is 2.29. The minimum absolute atomic E-state index is 0.0764. The maximum atomic E-state index is 12.7. The minimum atomic E-state index is -3.63. The van der Waals surface area contributed by atoms with Crippen LogP contribution in [-0.2, 0) is 14.8 Å². The molecule has 0 amide bonds. The average Bonchev–Trinajstić information content (AvgIpc) is 2.96. The maximum absolute atomic E-state index is 12.7. The molecule has 2 aromatic rings. The van der Waals surface area contributed by atoms with Gasteiger partial charge in [0.1, 0.15) is 0 Å². The summed E-state index contributed by atoms with van der Waals surface area (Å²) in [6, 6.07) is 0. The molecule has 0 saturated heterocycles. The number of ether oxygens (including phenoxy) is 1. The van der Waals surface area contributed by atoms with Crippen LogP contribution in [0.5, 0.6) is 0 Å². The number of nitrogens with one attached hydrogen (secondary N) is 1. The lowest BCUT2D eigenvalue weighted by molar-refractivity contribution is 0.0737. The Morgan fingerprint density at radius 3 is 2.86 bits per heavy atom. The molecule has 2 aromatic heterocycles. The van der Waals surface area contributed by atoms with Crippen molar-refractivity contribution < 1.29 is 13.2 Å². The van der Waals surface area contributed by atoms with E-state index >= 15 is 0 Å². The van der Waals surface area contributed by atoms with Gasteiger partial charge in [0.25, 0.3) is 10.0 Å². The largest absolute Gasteiger partial charge is 0.377 e. The second-order valence-electron chi connectivity index (χ2n) is 4.82. The van der Waals surface area contributed by atoms with E-state index in [0.29, 0.717) is 23.9 Å². The van der Waals surface area contributed by atoms with Crippen molar-refractivity contribution in [2.24, 2.45) is 0 Å². The Morgan fingerprint density at radius 1 is 1.52 bits per heavy atom. The first kappa shape index (κ1) is 16.2. The number of fused-ring (bicyclic) bond motifs is 1. The molecular weight excluding hydrogens is 312 g/mol. The zero-order chi connectivity index (χ0) is 15.6. The Bertz CT molecular complexity index is 705. The van der Waals surface area contributed by atoms with Crippen molar-refractivity contribution in [2.45, 2.75) is 25.0 Å². The number of hydrogen-bond acceptors (Lipinski definition) is 6. The molecule has 1 N–H and O–H groups in total. The standard InChI is InChI=1S/C12H20N4O3S2/c1-9(2)19-7-5-15(4)21(17,18)11-10(13-3)14-12-16(11)6-8-20-12/h6,8-9,13H,5,7H2,1-4H3. The topological polar surface area (TPSA) is 75.9 Å². The first-order valence-electron chi connectivity index (χ1n) is 6.59. The second kappa shape index (κ2) is 6.30. The van der Waals surface area contributed by atoms with Crippen molar-refractivity contribution in [1.82, 2.24) is 13.7 Å². The van der Waals surface area contributed by atoms with Gasteiger partial charge in [-0.25, -0.2) is 13.4 Å². The lowest BCUT2D eigenvalue weighted by Crippen LogP contribution is -2.32. The van der Waals surface area contributed by atoms with Gasteiger partial charge in [-0.3, -0.25) is 4.40 Å². The van der Waals surface area contributed by atoms with Gasteiger partial charge in [-0.15, -0.1) is 11.3 Å². The smallest absolute Gasteiger partial charge is 0.262 e. The Hall–Kier alpha value is -1.16. The fourth-order valence-corrected chi connectivity index (χ4v) is 4.03. The molecule has 0 spiro atoms. The van der Waals surface area contributed by atoms with Crippen LogP contribution in [-0.4, -0.2) is 55.5 Å². The van der Waals surface area contributed by atoms with Gasteiger partial charge in [-0.05, 0) is 13.8 Å². The number of anilines is 1. The third-order valence-electron chi connectivity index (χ3n) is 2.97. The summed E-state index contributed by atoms with van der Waals surface area (Å²) in [6.07, 6.45) is 1.78. The molecule has 0 atom stereocenters. The molecule has 0 aliphatic carbocycles. The molecule has 0 saturated carbocycles. The summed E-state index contributed by atoms with van der Waals surface area (Å²) in [5.74, 6) is 0.360. The lowest BCUT2D eigenvalue weighted by atomic mass is 10.5. The van der Waals surface area contributed by atoms with E-state index in [-0.39, 0.29) is 11.1 Å². The molecule has 0 aliphatic rings. The SMILES string of the molecule is CNc1nc2sccn2c1S(=O)(=O)N(C)CCOC(C)C. The Labute approximate surface area is 128 Å². The number of rotatable bonds is 7. The first-order valence-corrected chi connectivity index (χ1v) is 8.91. The summed E-state index contributed by atoms with van der Waals surface area (Å²) in [5.41, 5.74) is 0. The molecule has 0 bridgehead atoms. The van der Waals surface area contributed by atoms with Gasteiger partial charge in [0.05, 0.1) is 12.7 Å². The van der Waals surface area contributed by atoms with E-state index in [9.17, 15) is 8.42 Å². The predicted octanol–water partition coefficient (Wildman–Crippen LogP) is 1.48. The van der Waals surface area contributed by atoms with Crippen LogP contribution in [0, 0.1) is 0 Å². The molecule has 0 radical (unpaired) electrons. The van der Waals surface area contributed by atoms with E-state index in [2.05, 4.69) is 10.3 Å². The number of sulfonamides is 1. The van der Waals surface area contributed by atoms with Crippen LogP contribution in [0.15, 0.2) is 16.6 Å². The molecule has 0 aliphatic heterocycles. The predicted molar refractivity (Wildman–Crippen MR) is 83.5 cm³/mol. The minimum Gasteiger partial charge on any atom is -0.377 e. The van der Waals surface area contributed by atoms with Gasteiger partial charge < -0.3 is 10.1 Å². The molecule has 2 heterocycles. The fraction of sp³-hybridized carbons (Fsp3) is 0.583. The van der Waals surface area contributed by atoms with Crippen molar-refractivity contribution in [1.29, 1.82) is 0 Å². The molecule has 2 rings (SSSR count). The van der Waals surface area contributed by atoms with Crippen LogP contribution in [0.2, 0.25) is 0 Å². The Morgan fingerprint density at radius 2 is 2.24 bits per heavy atom. The van der Waals surface area contributed by atoms with Gasteiger partial charge in [-0.2, -0.15) is 4.31 Å². The van der Waals surface area contributed by atoms with E-state index in [0.717, 1.165) is 0 Å². The summed E-state index contributed by atoms with van der Waals surface area (Å²) < 4.78 is 33.8. The van der Waals surface area contributed by atoms with Crippen molar-refractivity contribution in [2.75, 3.05) is 32.6 Å². The summed E-state index contributed by atoms with van der Waals surface area (Å²) in [5, 5.41) is 4.81. The molecule has 21 heavy (non-hydrogen) atoms. The normalized spacial score (nSPS) is 12.7. The summed E-state index contributed by atoms with van der Waals surface area (Å²) in [7, 11) is -0.429. The Balaban J connectivity index is 2.30. The summed E-state index contributed by atoms with van der Waals surface area (Å²) in [6.45, 7) is 4.48. The van der Waals surface area contributed by atoms with Crippen molar-refractivity contribution in [3.05, 3.63) is 11.6 Å². The fourth-order valence-electron chi connectivity index (χ4n) is 1.86. The highest BCUT2D eigenvalue weighted by atomic mass is 32.2. The van der Waals surface area contributed by atoms with Gasteiger partial charge in [0.15, 0.2) is 15.8 Å². The number of hydrogen-bond donors (Lipinski definition) is 1. The van der Waals surface area contributed by atoms with Gasteiger partial charge in [0, 0.05) is 32.2 Å². The van der Waals surface area contributed by atoms with Crippen LogP contribution in [0.25, 0.3) is 4.96 Å². The monoisotopic (exact) mass is 332 g/mol. The number of aromatic nitrogens is 2. The average molecular weight is 332 g/mol. The number of nitrogens with zero attached hydrogens (tertiary/aromatic N) is 3. The van der Waals surface area contributed by atoms with Crippen LogP contribution in [0.1, 0.15) is 13.8 Å². The molecule has 9 heteroatoms. The second-order valence-corrected chi connectivity index (χ2v) is 7.65. The summed E-state index contributed by atoms with van der Waals surface area (Å²) >= 11 is 1.39. The molecule has 0 aromatic carbocycles. The molecule has 0 fully saturated rings. The number of thiazole rings is 1. The Kier molecular flexibility index (Phi) is 4.87. The van der Waals surface area contributed by atoms with Crippen LogP contribution in [0.4, 0.5) is 5.82 Å². The van der Waals surface area contributed by atoms with E-state index in [1.807, 2.05) is 19.2 Å². The van der Waals surface area contributed by atoms with Gasteiger partial charge >= 0.3 is 0 Å². The van der Waals surface area contributed by atoms with Crippen LogP contribution < -0.4 is 5.32 Å². The van der Waals surface area contributed by atoms with E-state index < -0.39 is 10.0 Å². The van der Waals surface area contributed by atoms with E-state index in [1.54, 1.807) is 24.7 Å². The zero-order valence-corrected chi connectivity index (χ0v) is 14.2. The quantitative estimate of drug-likeness (QED) is 0.831. The zero-order valence-electron chi connectivity index (χ0n) is 12.5. The van der Waals surface area contributed by atoms with Crippen LogP contribution in [0.3, 0.4) is 0 Å². The van der Waals surface area contributed by atoms with Crippen molar-refractivity contribution in [3.63, 3.8) is 0 Å². The van der Waals surface area contributed by atoms with Gasteiger partial charge in [-0.1, -0.05) is 0 Å². The van der Waals surface area contributed by atoms with E-state index in [4.69, 9.17) is 4.74 Å². The number of likely N-dealkylation sites (N-methyl/N-ethyl adjacent to an activating group) is 1. The third kappa shape index (κ3) is 3.20. The molecular formula is C12H20N4O3S2. The summed E-state index contributed by atoms with van der Waals surface area (Å²) in [4.78, 5) is 4.92. The lowest BCUT2D eigenvalue weighted by Gasteiger charge is -2.18. The van der Waals surface area contributed by atoms with Crippen molar-refractivity contribution >= 4 is 32.1 Å². The highest BCUT2D eigenvalue weighted by molar-refractivity contribution is 7.89. The molecule has 7 nitrogen and oxygen atoms in total. The van der Waals surface area contributed by atoms with E-state index in [1.165, 1.54) is 15.6 Å². The third-order valence-corrected chi connectivity index (χ3v) is 5.61. The molecule has 118 valence electrons. The first-order chi connectivity index (χ1) is 9.87. The van der Waals surface area contributed by atoms with Crippen molar-refractivity contribution in [3.8, 4) is 0 Å². The highest BCUT2D eigenvalue weighted by Crippen LogP contribution is 2.27.